The van der Waals surface area contributed by atoms with Gasteiger partial charge in [-0.2, -0.15) is 0 Å². The van der Waals surface area contributed by atoms with Crippen LogP contribution in [0.2, 0.25) is 0 Å². The molecule has 5 heteroatoms. The second-order valence-corrected chi connectivity index (χ2v) is 5.79. The summed E-state index contributed by atoms with van der Waals surface area (Å²) in [4.78, 5) is 1.94. The lowest BCUT2D eigenvalue weighted by Gasteiger charge is -2.22. The van der Waals surface area contributed by atoms with Crippen molar-refractivity contribution in [1.29, 1.82) is 0 Å². The van der Waals surface area contributed by atoms with Crippen molar-refractivity contribution in [2.45, 2.75) is 38.0 Å². The normalized spacial score (nSPS) is 16.1. The average Bonchev–Trinajstić information content (AvgIpc) is 2.90. The molecule has 1 aromatic heterocycles. The van der Waals surface area contributed by atoms with Crippen LogP contribution in [0.1, 0.15) is 43.8 Å². The highest BCUT2D eigenvalue weighted by molar-refractivity contribution is 5.56. The number of hydrogen-bond acceptors (Lipinski definition) is 3. The predicted octanol–water partition coefficient (Wildman–Crippen LogP) is 3.77. The summed E-state index contributed by atoms with van der Waals surface area (Å²) in [7, 11) is 3.95. The minimum atomic E-state index is -0.229. The summed E-state index contributed by atoms with van der Waals surface area (Å²) in [5.41, 5.74) is 0.905. The summed E-state index contributed by atoms with van der Waals surface area (Å²) in [5.74, 6) is 2.15. The van der Waals surface area contributed by atoms with Crippen LogP contribution in [0.5, 0.6) is 0 Å². The van der Waals surface area contributed by atoms with Crippen molar-refractivity contribution >= 4 is 11.6 Å². The number of rotatable bonds is 3. The van der Waals surface area contributed by atoms with E-state index in [1.54, 1.807) is 12.1 Å². The quantitative estimate of drug-likeness (QED) is 0.862. The van der Waals surface area contributed by atoms with Gasteiger partial charge in [-0.25, -0.2) is 4.39 Å². The van der Waals surface area contributed by atoms with E-state index in [1.807, 2.05) is 19.0 Å². The summed E-state index contributed by atoms with van der Waals surface area (Å²) < 4.78 is 15.1. The summed E-state index contributed by atoms with van der Waals surface area (Å²) in [5, 5.41) is 8.74. The Kier molecular flexibility index (Phi) is 3.90. The third kappa shape index (κ3) is 2.77. The molecule has 21 heavy (non-hydrogen) atoms. The number of nitrogens with zero attached hydrogens (tertiary/aromatic N) is 4. The number of halogens is 1. The van der Waals surface area contributed by atoms with Gasteiger partial charge in [-0.15, -0.1) is 10.2 Å². The first-order valence-electron chi connectivity index (χ1n) is 7.55. The van der Waals surface area contributed by atoms with Crippen LogP contribution in [0.25, 0.3) is 0 Å². The summed E-state index contributed by atoms with van der Waals surface area (Å²) in [6, 6.07) is 6.43. The molecule has 0 radical (unpaired) electrons. The van der Waals surface area contributed by atoms with E-state index < -0.39 is 0 Å². The second kappa shape index (κ2) is 5.84. The molecule has 0 spiro atoms. The Bertz CT molecular complexity index is 599. The van der Waals surface area contributed by atoms with Gasteiger partial charge < -0.3 is 4.90 Å². The van der Waals surface area contributed by atoms with Crippen LogP contribution >= 0.6 is 0 Å². The lowest BCUT2D eigenvalue weighted by atomic mass is 9.89. The standard InChI is InChI=1S/C16H21FN4/c1-20(14-10-8-13(17)9-11-14)16-19-18-15(21(16)2)12-6-4-3-5-7-12/h8-12H,3-7H2,1-2H3. The lowest BCUT2D eigenvalue weighted by molar-refractivity contribution is 0.420. The number of benzene rings is 1. The lowest BCUT2D eigenvalue weighted by Crippen LogP contribution is -2.16. The van der Waals surface area contributed by atoms with Crippen molar-refractivity contribution in [3.05, 3.63) is 35.9 Å². The Hall–Kier alpha value is -1.91. The van der Waals surface area contributed by atoms with Gasteiger partial charge in [-0.3, -0.25) is 4.57 Å². The number of hydrogen-bond donors (Lipinski definition) is 0. The monoisotopic (exact) mass is 288 g/mol. The van der Waals surface area contributed by atoms with Gasteiger partial charge in [0, 0.05) is 25.7 Å². The Morgan fingerprint density at radius 2 is 1.76 bits per heavy atom. The molecule has 0 atom stereocenters. The van der Waals surface area contributed by atoms with Crippen molar-refractivity contribution in [3.63, 3.8) is 0 Å². The highest BCUT2D eigenvalue weighted by atomic mass is 19.1. The van der Waals surface area contributed by atoms with Crippen LogP contribution in [0, 0.1) is 5.82 Å². The van der Waals surface area contributed by atoms with E-state index in [0.717, 1.165) is 17.5 Å². The fraction of sp³-hybridized carbons (Fsp3) is 0.500. The summed E-state index contributed by atoms with van der Waals surface area (Å²) in [6.07, 6.45) is 6.29. The van der Waals surface area contributed by atoms with E-state index in [2.05, 4.69) is 14.8 Å². The SMILES string of the molecule is CN(c1ccc(F)cc1)c1nnc(C2CCCCC2)n1C. The van der Waals surface area contributed by atoms with E-state index in [-0.39, 0.29) is 5.82 Å². The maximum absolute atomic E-state index is 13.0. The van der Waals surface area contributed by atoms with Gasteiger partial charge in [0.05, 0.1) is 0 Å². The topological polar surface area (TPSA) is 34.0 Å². The van der Waals surface area contributed by atoms with Gasteiger partial charge in [0.1, 0.15) is 11.6 Å². The first-order chi connectivity index (χ1) is 10.2. The van der Waals surface area contributed by atoms with E-state index in [9.17, 15) is 4.39 Å². The van der Waals surface area contributed by atoms with E-state index >= 15 is 0 Å². The van der Waals surface area contributed by atoms with Crippen molar-refractivity contribution in [1.82, 2.24) is 14.8 Å². The van der Waals surface area contributed by atoms with Crippen molar-refractivity contribution < 1.29 is 4.39 Å². The third-order valence-corrected chi connectivity index (χ3v) is 4.37. The first-order valence-corrected chi connectivity index (χ1v) is 7.55. The molecule has 112 valence electrons. The molecule has 0 N–H and O–H groups in total. The zero-order chi connectivity index (χ0) is 14.8. The molecule has 1 aliphatic rings. The van der Waals surface area contributed by atoms with Crippen LogP contribution in [0.3, 0.4) is 0 Å². The molecule has 1 aliphatic carbocycles. The number of aromatic nitrogens is 3. The van der Waals surface area contributed by atoms with Gasteiger partial charge in [0.15, 0.2) is 0 Å². The fourth-order valence-electron chi connectivity index (χ4n) is 3.12. The predicted molar refractivity (Wildman–Crippen MR) is 81.3 cm³/mol. The summed E-state index contributed by atoms with van der Waals surface area (Å²) >= 11 is 0. The molecule has 1 saturated carbocycles. The van der Waals surface area contributed by atoms with Crippen LogP contribution in [-0.2, 0) is 7.05 Å². The molecule has 1 aromatic carbocycles. The maximum atomic E-state index is 13.0. The van der Waals surface area contributed by atoms with Gasteiger partial charge in [0.25, 0.3) is 0 Å². The Morgan fingerprint density at radius 1 is 1.10 bits per heavy atom. The molecule has 1 fully saturated rings. The second-order valence-electron chi connectivity index (χ2n) is 5.79. The third-order valence-electron chi connectivity index (χ3n) is 4.37. The largest absolute Gasteiger partial charge is 0.314 e. The zero-order valence-corrected chi connectivity index (χ0v) is 12.6. The van der Waals surface area contributed by atoms with Crippen molar-refractivity contribution in [2.24, 2.45) is 7.05 Å². The summed E-state index contributed by atoms with van der Waals surface area (Å²) in [6.45, 7) is 0. The van der Waals surface area contributed by atoms with Crippen molar-refractivity contribution in [3.8, 4) is 0 Å². The molecular formula is C16H21FN4. The first kappa shape index (κ1) is 14.0. The molecule has 2 aromatic rings. The van der Waals surface area contributed by atoms with Gasteiger partial charge >= 0.3 is 0 Å². The molecule has 3 rings (SSSR count). The Balaban J connectivity index is 1.85. The molecule has 1 heterocycles. The molecule has 0 saturated heterocycles. The highest BCUT2D eigenvalue weighted by Gasteiger charge is 2.23. The average molecular weight is 288 g/mol. The minimum absolute atomic E-state index is 0.229. The van der Waals surface area contributed by atoms with E-state index in [1.165, 1.54) is 44.2 Å². The molecule has 0 amide bonds. The fourth-order valence-corrected chi connectivity index (χ4v) is 3.12. The number of anilines is 2. The van der Waals surface area contributed by atoms with Gasteiger partial charge in [-0.1, -0.05) is 19.3 Å². The smallest absolute Gasteiger partial charge is 0.231 e. The van der Waals surface area contributed by atoms with Gasteiger partial charge in [0.2, 0.25) is 5.95 Å². The van der Waals surface area contributed by atoms with Crippen LogP contribution < -0.4 is 4.90 Å². The zero-order valence-electron chi connectivity index (χ0n) is 12.6. The molecule has 0 aliphatic heterocycles. The Morgan fingerprint density at radius 3 is 2.43 bits per heavy atom. The van der Waals surface area contributed by atoms with Crippen LogP contribution in [0.4, 0.5) is 16.0 Å². The van der Waals surface area contributed by atoms with Gasteiger partial charge in [-0.05, 0) is 37.1 Å². The molecule has 0 unspecified atom stereocenters. The van der Waals surface area contributed by atoms with E-state index in [0.29, 0.717) is 5.92 Å². The van der Waals surface area contributed by atoms with Crippen LogP contribution in [0.15, 0.2) is 24.3 Å². The van der Waals surface area contributed by atoms with E-state index in [4.69, 9.17) is 0 Å². The van der Waals surface area contributed by atoms with Crippen LogP contribution in [-0.4, -0.2) is 21.8 Å². The highest BCUT2D eigenvalue weighted by Crippen LogP contribution is 2.33. The van der Waals surface area contributed by atoms with Crippen molar-refractivity contribution in [2.75, 3.05) is 11.9 Å². The molecular weight excluding hydrogens is 267 g/mol. The molecule has 0 bridgehead atoms. The maximum Gasteiger partial charge on any atom is 0.231 e. The molecule has 4 nitrogen and oxygen atoms in total. The Labute approximate surface area is 124 Å². The minimum Gasteiger partial charge on any atom is -0.314 e.